The average molecular weight is 267 g/mol. The molecule has 1 unspecified atom stereocenters. The summed E-state index contributed by atoms with van der Waals surface area (Å²) in [5.41, 5.74) is 5.27. The maximum atomic E-state index is 12.1. The van der Waals surface area contributed by atoms with Gasteiger partial charge in [0.15, 0.2) is 0 Å². The van der Waals surface area contributed by atoms with Crippen LogP contribution >= 0.6 is 0 Å². The molecule has 0 radical (unpaired) electrons. The molecule has 1 saturated heterocycles. The predicted molar refractivity (Wildman–Crippen MR) is 77.8 cm³/mol. The van der Waals surface area contributed by atoms with E-state index in [1.807, 2.05) is 0 Å². The van der Waals surface area contributed by atoms with Gasteiger partial charge in [-0.05, 0) is 64.5 Å². The van der Waals surface area contributed by atoms with Crippen LogP contribution in [-0.4, -0.2) is 42.0 Å². The molecule has 19 heavy (non-hydrogen) atoms. The first-order valence-electron chi connectivity index (χ1n) is 7.74. The van der Waals surface area contributed by atoms with E-state index in [9.17, 15) is 4.79 Å². The van der Waals surface area contributed by atoms with E-state index in [0.717, 1.165) is 38.4 Å². The Hall–Kier alpha value is -0.610. The summed E-state index contributed by atoms with van der Waals surface area (Å²) in [6.45, 7) is 9.49. The molecule has 2 rings (SSSR count). The second-order valence-corrected chi connectivity index (χ2v) is 6.87. The van der Waals surface area contributed by atoms with Gasteiger partial charge in [-0.15, -0.1) is 0 Å². The van der Waals surface area contributed by atoms with E-state index >= 15 is 0 Å². The number of nitrogens with one attached hydrogen (secondary N) is 1. The van der Waals surface area contributed by atoms with Crippen LogP contribution in [0.1, 0.15) is 46.5 Å². The van der Waals surface area contributed by atoms with Crippen LogP contribution in [0.25, 0.3) is 0 Å². The van der Waals surface area contributed by atoms with Crippen LogP contribution in [0.5, 0.6) is 0 Å². The molecular weight excluding hydrogens is 238 g/mol. The molecule has 0 spiro atoms. The third kappa shape index (κ3) is 3.48. The van der Waals surface area contributed by atoms with Gasteiger partial charge >= 0.3 is 0 Å². The molecule has 2 aliphatic rings. The number of amides is 1. The largest absolute Gasteiger partial charge is 0.368 e. The van der Waals surface area contributed by atoms with Crippen LogP contribution in [-0.2, 0) is 4.79 Å². The summed E-state index contributed by atoms with van der Waals surface area (Å²) in [4.78, 5) is 14.5. The maximum absolute atomic E-state index is 12.1. The number of piperidine rings is 1. The highest BCUT2D eigenvalue weighted by atomic mass is 16.1. The van der Waals surface area contributed by atoms with Crippen molar-refractivity contribution in [3.63, 3.8) is 0 Å². The average Bonchev–Trinajstić information content (AvgIpc) is 3.14. The Morgan fingerprint density at radius 2 is 1.89 bits per heavy atom. The molecule has 1 saturated carbocycles. The molecule has 0 aromatic heterocycles. The molecule has 4 nitrogen and oxygen atoms in total. The van der Waals surface area contributed by atoms with E-state index < -0.39 is 5.54 Å². The van der Waals surface area contributed by atoms with Gasteiger partial charge in [0.2, 0.25) is 5.91 Å². The fraction of sp³-hybridized carbons (Fsp3) is 0.933. The van der Waals surface area contributed by atoms with Crippen LogP contribution in [0, 0.1) is 11.8 Å². The second-order valence-electron chi connectivity index (χ2n) is 6.87. The molecule has 1 aliphatic heterocycles. The normalized spacial score (nSPS) is 25.5. The highest BCUT2D eigenvalue weighted by Crippen LogP contribution is 2.41. The molecular formula is C15H29N3O. The second kappa shape index (κ2) is 5.80. The summed E-state index contributed by atoms with van der Waals surface area (Å²) in [5, 5.41) is 3.50. The molecule has 110 valence electrons. The summed E-state index contributed by atoms with van der Waals surface area (Å²) in [6.07, 6.45) is 4.74. The Morgan fingerprint density at radius 1 is 1.32 bits per heavy atom. The standard InChI is InChI=1S/C15H29N3O/c1-11(2)17-15(14(16)19,13-4-5-13)10-18-8-6-12(3)7-9-18/h11-13,17H,4-10H2,1-3H3,(H2,16,19). The molecule has 0 bridgehead atoms. The lowest BCUT2D eigenvalue weighted by atomic mass is 9.88. The van der Waals surface area contributed by atoms with Crippen molar-refractivity contribution in [3.05, 3.63) is 0 Å². The zero-order valence-corrected chi connectivity index (χ0v) is 12.6. The smallest absolute Gasteiger partial charge is 0.239 e. The summed E-state index contributed by atoms with van der Waals surface area (Å²) < 4.78 is 0. The van der Waals surface area contributed by atoms with Crippen molar-refractivity contribution in [2.24, 2.45) is 17.6 Å². The Labute approximate surface area is 117 Å². The van der Waals surface area contributed by atoms with Crippen LogP contribution in [0.15, 0.2) is 0 Å². The first kappa shape index (κ1) is 14.8. The van der Waals surface area contributed by atoms with Crippen LogP contribution in [0.3, 0.4) is 0 Å². The van der Waals surface area contributed by atoms with Gasteiger partial charge < -0.3 is 10.6 Å². The minimum absolute atomic E-state index is 0.165. The Bertz CT molecular complexity index is 319. The monoisotopic (exact) mass is 267 g/mol. The molecule has 1 amide bonds. The molecule has 4 heteroatoms. The fourth-order valence-electron chi connectivity index (χ4n) is 3.31. The van der Waals surface area contributed by atoms with Gasteiger partial charge in [-0.3, -0.25) is 10.1 Å². The first-order chi connectivity index (χ1) is 8.94. The van der Waals surface area contributed by atoms with Crippen molar-refractivity contribution in [2.75, 3.05) is 19.6 Å². The topological polar surface area (TPSA) is 58.4 Å². The number of carbonyl (C=O) groups is 1. The van der Waals surface area contributed by atoms with Crippen molar-refractivity contribution in [1.82, 2.24) is 10.2 Å². The van der Waals surface area contributed by atoms with Crippen molar-refractivity contribution in [3.8, 4) is 0 Å². The van der Waals surface area contributed by atoms with E-state index in [4.69, 9.17) is 5.73 Å². The number of rotatable bonds is 6. The number of likely N-dealkylation sites (tertiary alicyclic amines) is 1. The van der Waals surface area contributed by atoms with Crippen LogP contribution in [0.4, 0.5) is 0 Å². The van der Waals surface area contributed by atoms with E-state index in [1.54, 1.807) is 0 Å². The van der Waals surface area contributed by atoms with Crippen molar-refractivity contribution < 1.29 is 4.79 Å². The number of hydrogen-bond acceptors (Lipinski definition) is 3. The van der Waals surface area contributed by atoms with Crippen LogP contribution < -0.4 is 11.1 Å². The van der Waals surface area contributed by atoms with E-state index in [2.05, 4.69) is 31.0 Å². The SMILES string of the molecule is CC1CCN(CC(NC(C)C)(C(N)=O)C2CC2)CC1. The minimum Gasteiger partial charge on any atom is -0.368 e. The summed E-state index contributed by atoms with van der Waals surface area (Å²) in [5.74, 6) is 1.09. The van der Waals surface area contributed by atoms with Crippen molar-refractivity contribution >= 4 is 5.91 Å². The number of nitrogens with two attached hydrogens (primary N) is 1. The lowest BCUT2D eigenvalue weighted by Crippen LogP contribution is -2.65. The number of hydrogen-bond donors (Lipinski definition) is 2. The Morgan fingerprint density at radius 3 is 2.32 bits per heavy atom. The van der Waals surface area contributed by atoms with E-state index in [-0.39, 0.29) is 11.9 Å². The highest BCUT2D eigenvalue weighted by molar-refractivity contribution is 5.86. The van der Waals surface area contributed by atoms with Gasteiger partial charge in [0.25, 0.3) is 0 Å². The fourth-order valence-corrected chi connectivity index (χ4v) is 3.31. The van der Waals surface area contributed by atoms with E-state index in [1.165, 1.54) is 12.8 Å². The van der Waals surface area contributed by atoms with Gasteiger partial charge in [0.05, 0.1) is 0 Å². The summed E-state index contributed by atoms with van der Waals surface area (Å²) in [7, 11) is 0. The van der Waals surface area contributed by atoms with Gasteiger partial charge in [0.1, 0.15) is 5.54 Å². The molecule has 1 heterocycles. The first-order valence-corrected chi connectivity index (χ1v) is 7.74. The maximum Gasteiger partial charge on any atom is 0.239 e. The third-order valence-corrected chi connectivity index (χ3v) is 4.61. The quantitative estimate of drug-likeness (QED) is 0.764. The number of nitrogens with zero attached hydrogens (tertiary/aromatic N) is 1. The molecule has 1 atom stereocenters. The lowest BCUT2D eigenvalue weighted by Gasteiger charge is -2.40. The zero-order valence-electron chi connectivity index (χ0n) is 12.6. The summed E-state index contributed by atoms with van der Waals surface area (Å²) >= 11 is 0. The van der Waals surface area contributed by atoms with Gasteiger partial charge in [-0.2, -0.15) is 0 Å². The predicted octanol–water partition coefficient (Wildman–Crippen LogP) is 1.35. The van der Waals surface area contributed by atoms with Crippen molar-refractivity contribution in [1.29, 1.82) is 0 Å². The van der Waals surface area contributed by atoms with Gasteiger partial charge in [0, 0.05) is 12.6 Å². The Balaban J connectivity index is 2.06. The van der Waals surface area contributed by atoms with Crippen LogP contribution in [0.2, 0.25) is 0 Å². The molecule has 2 fully saturated rings. The highest BCUT2D eigenvalue weighted by Gasteiger charge is 2.50. The van der Waals surface area contributed by atoms with Crippen molar-refractivity contribution in [2.45, 2.75) is 58.0 Å². The van der Waals surface area contributed by atoms with E-state index in [0.29, 0.717) is 5.92 Å². The molecule has 3 N–H and O–H groups in total. The Kier molecular flexibility index (Phi) is 4.51. The summed E-state index contributed by atoms with van der Waals surface area (Å²) in [6, 6.07) is 0.289. The van der Waals surface area contributed by atoms with Gasteiger partial charge in [-0.1, -0.05) is 6.92 Å². The minimum atomic E-state index is -0.505. The van der Waals surface area contributed by atoms with Gasteiger partial charge in [-0.25, -0.2) is 0 Å². The number of carbonyl (C=O) groups excluding carboxylic acids is 1. The molecule has 0 aromatic rings. The molecule has 0 aromatic carbocycles. The zero-order chi connectivity index (χ0) is 14.0. The number of primary amides is 1. The third-order valence-electron chi connectivity index (χ3n) is 4.61. The molecule has 1 aliphatic carbocycles. The lowest BCUT2D eigenvalue weighted by molar-refractivity contribution is -0.126.